The molecule has 154 valence electrons. The van der Waals surface area contributed by atoms with E-state index in [1.807, 2.05) is 12.1 Å². The summed E-state index contributed by atoms with van der Waals surface area (Å²) in [5, 5.41) is 0. The Morgan fingerprint density at radius 3 is 2.45 bits per heavy atom. The summed E-state index contributed by atoms with van der Waals surface area (Å²) in [5.41, 5.74) is 0.748. The summed E-state index contributed by atoms with van der Waals surface area (Å²) in [6, 6.07) is 13.1. The van der Waals surface area contributed by atoms with Crippen molar-refractivity contribution in [1.82, 2.24) is 4.90 Å². The van der Waals surface area contributed by atoms with E-state index in [2.05, 4.69) is 0 Å². The summed E-state index contributed by atoms with van der Waals surface area (Å²) in [5.74, 6) is 0.300. The molecule has 2 atom stereocenters. The smallest absolute Gasteiger partial charge is 0.411 e. The number of rotatable bonds is 5. The van der Waals surface area contributed by atoms with Gasteiger partial charge in [-0.15, -0.1) is 0 Å². The zero-order chi connectivity index (χ0) is 21.0. The highest BCUT2D eigenvalue weighted by molar-refractivity contribution is 5.75. The number of aldehydes is 1. The lowest BCUT2D eigenvalue weighted by molar-refractivity contribution is -0.112. The first kappa shape index (κ1) is 20.8. The molecule has 0 unspecified atom stereocenters. The third kappa shape index (κ3) is 5.13. The first-order chi connectivity index (χ1) is 13.8. The van der Waals surface area contributed by atoms with Crippen molar-refractivity contribution in [3.05, 3.63) is 65.5 Å². The van der Waals surface area contributed by atoms with Gasteiger partial charge in [0.05, 0.1) is 12.1 Å². The van der Waals surface area contributed by atoms with E-state index in [1.54, 1.807) is 51.1 Å². The maximum atomic E-state index is 13.7. The van der Waals surface area contributed by atoms with Gasteiger partial charge in [0.25, 0.3) is 0 Å². The van der Waals surface area contributed by atoms with Gasteiger partial charge in [0, 0.05) is 5.56 Å². The van der Waals surface area contributed by atoms with Crippen LogP contribution in [0.3, 0.4) is 0 Å². The van der Waals surface area contributed by atoms with Gasteiger partial charge in [-0.1, -0.05) is 30.3 Å². The normalized spacial score (nSPS) is 19.1. The minimum atomic E-state index is -0.637. The second-order valence-corrected chi connectivity index (χ2v) is 8.13. The largest absolute Gasteiger partial charge is 0.489 e. The van der Waals surface area contributed by atoms with E-state index in [0.29, 0.717) is 24.2 Å². The Bertz CT molecular complexity index is 860. The molecule has 0 aromatic heterocycles. The number of hydrogen-bond donors (Lipinski definition) is 0. The van der Waals surface area contributed by atoms with Crippen LogP contribution in [0, 0.1) is 5.82 Å². The van der Waals surface area contributed by atoms with E-state index in [-0.39, 0.29) is 18.5 Å². The minimum Gasteiger partial charge on any atom is -0.489 e. The maximum Gasteiger partial charge on any atom is 0.411 e. The lowest BCUT2D eigenvalue weighted by atomic mass is 10.0. The predicted molar refractivity (Wildman–Crippen MR) is 107 cm³/mol. The number of likely N-dealkylation sites (tertiary alicyclic amines) is 1. The van der Waals surface area contributed by atoms with Crippen molar-refractivity contribution in [2.24, 2.45) is 0 Å². The fourth-order valence-corrected chi connectivity index (χ4v) is 3.44. The van der Waals surface area contributed by atoms with Gasteiger partial charge in [-0.25, -0.2) is 9.18 Å². The number of benzene rings is 2. The van der Waals surface area contributed by atoms with E-state index in [4.69, 9.17) is 9.47 Å². The Hall–Kier alpha value is -2.89. The third-order valence-electron chi connectivity index (χ3n) is 4.81. The number of carbonyl (C=O) groups is 2. The average Bonchev–Trinajstić information content (AvgIpc) is 3.11. The fourth-order valence-electron chi connectivity index (χ4n) is 3.44. The van der Waals surface area contributed by atoms with Gasteiger partial charge in [-0.2, -0.15) is 0 Å². The van der Waals surface area contributed by atoms with Gasteiger partial charge < -0.3 is 14.3 Å². The summed E-state index contributed by atoms with van der Waals surface area (Å²) in [6.45, 7) is 5.53. The lowest BCUT2D eigenvalue weighted by Gasteiger charge is -2.31. The Balaban J connectivity index is 1.71. The van der Waals surface area contributed by atoms with Crippen molar-refractivity contribution in [2.75, 3.05) is 0 Å². The van der Waals surface area contributed by atoms with Gasteiger partial charge in [0.15, 0.2) is 0 Å². The molecule has 0 N–H and O–H groups in total. The highest BCUT2D eigenvalue weighted by Crippen LogP contribution is 2.37. The topological polar surface area (TPSA) is 55.8 Å². The number of ether oxygens (including phenoxy) is 2. The second-order valence-electron chi connectivity index (χ2n) is 8.13. The monoisotopic (exact) mass is 399 g/mol. The van der Waals surface area contributed by atoms with E-state index in [1.165, 1.54) is 11.0 Å². The number of hydrogen-bond acceptors (Lipinski definition) is 4. The summed E-state index contributed by atoms with van der Waals surface area (Å²) in [7, 11) is 0. The number of carbonyl (C=O) groups excluding carboxylic acids is 2. The fraction of sp³-hybridized carbons (Fsp3) is 0.391. The summed E-state index contributed by atoms with van der Waals surface area (Å²) in [4.78, 5) is 25.6. The van der Waals surface area contributed by atoms with Gasteiger partial charge in [-0.3, -0.25) is 4.90 Å². The van der Waals surface area contributed by atoms with E-state index in [0.717, 1.165) is 11.8 Å². The molecule has 1 heterocycles. The molecule has 5 nitrogen and oxygen atoms in total. The van der Waals surface area contributed by atoms with Crippen molar-refractivity contribution in [3.63, 3.8) is 0 Å². The maximum absolute atomic E-state index is 13.7. The molecule has 1 aliphatic rings. The van der Waals surface area contributed by atoms with Gasteiger partial charge in [0.1, 0.15) is 30.1 Å². The summed E-state index contributed by atoms with van der Waals surface area (Å²) in [6.07, 6.45) is 1.59. The molecule has 0 aliphatic carbocycles. The van der Waals surface area contributed by atoms with Gasteiger partial charge in [0.2, 0.25) is 0 Å². The molecule has 0 bridgehead atoms. The van der Waals surface area contributed by atoms with Crippen molar-refractivity contribution in [1.29, 1.82) is 0 Å². The van der Waals surface area contributed by atoms with Crippen LogP contribution in [-0.4, -0.2) is 28.9 Å². The lowest BCUT2D eigenvalue weighted by Crippen LogP contribution is -2.41. The van der Waals surface area contributed by atoms with Crippen molar-refractivity contribution >= 4 is 12.4 Å². The standard InChI is InChI=1S/C23H26FNO4/c1-23(2,3)29-22(27)25-18(14-26)10-13-21(25)16-8-11-19(12-9-16)28-15-17-6-4-5-7-20(17)24/h4-9,11-12,14,18,21H,10,13,15H2,1-3H3/t18-,21+/m0/s1. The molecule has 1 fully saturated rings. The van der Waals surface area contributed by atoms with Crippen molar-refractivity contribution in [2.45, 2.75) is 57.9 Å². The van der Waals surface area contributed by atoms with Crippen LogP contribution < -0.4 is 4.74 Å². The van der Waals surface area contributed by atoms with Crippen LogP contribution in [0.4, 0.5) is 9.18 Å². The van der Waals surface area contributed by atoms with Crippen molar-refractivity contribution in [3.8, 4) is 5.75 Å². The molecule has 0 radical (unpaired) electrons. The van der Waals surface area contributed by atoms with Crippen LogP contribution in [0.15, 0.2) is 48.5 Å². The molecule has 1 saturated heterocycles. The van der Waals surface area contributed by atoms with Gasteiger partial charge >= 0.3 is 6.09 Å². The molecule has 2 aromatic rings. The van der Waals surface area contributed by atoms with Crippen LogP contribution in [0.5, 0.6) is 5.75 Å². The van der Waals surface area contributed by atoms with E-state index >= 15 is 0 Å². The summed E-state index contributed by atoms with van der Waals surface area (Å²) >= 11 is 0. The predicted octanol–water partition coefficient (Wildman–Crippen LogP) is 5.04. The van der Waals surface area contributed by atoms with Crippen molar-refractivity contribution < 1.29 is 23.5 Å². The van der Waals surface area contributed by atoms with Crippen LogP contribution in [0.2, 0.25) is 0 Å². The van der Waals surface area contributed by atoms with Crippen LogP contribution >= 0.6 is 0 Å². The minimum absolute atomic E-state index is 0.132. The Labute approximate surface area is 170 Å². The molecular formula is C23H26FNO4. The molecule has 6 heteroatoms. The number of halogens is 1. The SMILES string of the molecule is CC(C)(C)OC(=O)N1[C@H](C=O)CC[C@@H]1c1ccc(OCc2ccccc2F)cc1. The average molecular weight is 399 g/mol. The molecule has 0 spiro atoms. The molecule has 2 aromatic carbocycles. The first-order valence-electron chi connectivity index (χ1n) is 9.71. The first-order valence-corrected chi connectivity index (χ1v) is 9.71. The molecule has 3 rings (SSSR count). The zero-order valence-electron chi connectivity index (χ0n) is 16.9. The van der Waals surface area contributed by atoms with Crippen LogP contribution in [0.1, 0.15) is 50.8 Å². The molecule has 1 aliphatic heterocycles. The highest BCUT2D eigenvalue weighted by Gasteiger charge is 2.39. The number of amides is 1. The molecule has 29 heavy (non-hydrogen) atoms. The van der Waals surface area contributed by atoms with Gasteiger partial charge in [-0.05, 0) is 57.4 Å². The molecule has 1 amide bonds. The number of nitrogens with zero attached hydrogens (tertiary/aromatic N) is 1. The summed E-state index contributed by atoms with van der Waals surface area (Å²) < 4.78 is 24.9. The Morgan fingerprint density at radius 2 is 1.83 bits per heavy atom. The van der Waals surface area contributed by atoms with E-state index < -0.39 is 17.7 Å². The van der Waals surface area contributed by atoms with Crippen LogP contribution in [0.25, 0.3) is 0 Å². The molecule has 0 saturated carbocycles. The third-order valence-corrected chi connectivity index (χ3v) is 4.81. The second kappa shape index (κ2) is 8.64. The zero-order valence-corrected chi connectivity index (χ0v) is 16.9. The Kier molecular flexibility index (Phi) is 6.20. The molecular weight excluding hydrogens is 373 g/mol. The Morgan fingerprint density at radius 1 is 1.14 bits per heavy atom. The quantitative estimate of drug-likeness (QED) is 0.661. The highest BCUT2D eigenvalue weighted by atomic mass is 19.1. The van der Waals surface area contributed by atoms with E-state index in [9.17, 15) is 14.0 Å². The van der Waals surface area contributed by atoms with Crippen LogP contribution in [-0.2, 0) is 16.1 Å².